The highest BCUT2D eigenvalue weighted by molar-refractivity contribution is 5.87. The van der Waals surface area contributed by atoms with Crippen LogP contribution < -0.4 is 4.90 Å². The van der Waals surface area contributed by atoms with Crippen molar-refractivity contribution in [2.75, 3.05) is 18.0 Å². The van der Waals surface area contributed by atoms with Gasteiger partial charge >= 0.3 is 5.97 Å². The molecular weight excluding hydrogens is 246 g/mol. The molecule has 1 heterocycles. The van der Waals surface area contributed by atoms with Gasteiger partial charge in [-0.05, 0) is 13.0 Å². The van der Waals surface area contributed by atoms with Crippen LogP contribution in [0, 0.1) is 29.6 Å². The predicted octanol–water partition coefficient (Wildman–Crippen LogP) is 0.680. The maximum absolute atomic E-state index is 10.6. The zero-order valence-corrected chi connectivity index (χ0v) is 10.7. The molecule has 0 spiro atoms. The number of anilines is 1. The monoisotopic (exact) mass is 259 g/mol. The third-order valence-electron chi connectivity index (χ3n) is 2.45. The fraction of sp³-hybridized carbons (Fsp3) is 0.333. The molecule has 7 nitrogen and oxygen atoms in total. The number of rotatable bonds is 5. The number of carboxylic acids is 1. The van der Waals surface area contributed by atoms with E-state index in [2.05, 4.69) is 5.10 Å². The number of carbonyl (C=O) groups is 1. The number of carboxylic acid groups (broad SMARTS) is 1. The molecule has 1 N–H and O–H groups in total. The largest absolute Gasteiger partial charge is 0.478 e. The normalized spacial score (nSPS) is 10.1. The fourth-order valence-corrected chi connectivity index (χ4v) is 1.76. The van der Waals surface area contributed by atoms with E-state index in [0.717, 1.165) is 6.08 Å². The SMILES string of the molecule is Cc1nn(C)c(N(CC#N)CC#N)c1/C=C/C(=O)O. The Kier molecular flexibility index (Phi) is 4.67. The lowest BCUT2D eigenvalue weighted by atomic mass is 10.2. The molecule has 0 unspecified atom stereocenters. The van der Waals surface area contributed by atoms with E-state index in [0.29, 0.717) is 17.1 Å². The maximum Gasteiger partial charge on any atom is 0.328 e. The zero-order valence-electron chi connectivity index (χ0n) is 10.7. The van der Waals surface area contributed by atoms with Crippen molar-refractivity contribution in [1.82, 2.24) is 9.78 Å². The average Bonchev–Trinajstić information content (AvgIpc) is 2.61. The minimum atomic E-state index is -1.07. The molecule has 1 aromatic heterocycles. The molecule has 0 aliphatic rings. The summed E-state index contributed by atoms with van der Waals surface area (Å²) >= 11 is 0. The number of aryl methyl sites for hydroxylation is 2. The van der Waals surface area contributed by atoms with Crippen molar-refractivity contribution in [2.45, 2.75) is 6.92 Å². The smallest absolute Gasteiger partial charge is 0.328 e. The van der Waals surface area contributed by atoms with Crippen LogP contribution >= 0.6 is 0 Å². The van der Waals surface area contributed by atoms with Gasteiger partial charge in [0.2, 0.25) is 0 Å². The summed E-state index contributed by atoms with van der Waals surface area (Å²) in [5.74, 6) is -0.514. The molecule has 0 fully saturated rings. The Morgan fingerprint density at radius 3 is 2.53 bits per heavy atom. The highest BCUT2D eigenvalue weighted by Crippen LogP contribution is 2.24. The van der Waals surface area contributed by atoms with Crippen LogP contribution in [0.4, 0.5) is 5.82 Å². The summed E-state index contributed by atoms with van der Waals surface area (Å²) in [6.07, 6.45) is 2.42. The van der Waals surface area contributed by atoms with E-state index in [-0.39, 0.29) is 13.1 Å². The Morgan fingerprint density at radius 2 is 2.05 bits per heavy atom. The molecule has 7 heteroatoms. The van der Waals surface area contributed by atoms with E-state index in [4.69, 9.17) is 15.6 Å². The summed E-state index contributed by atoms with van der Waals surface area (Å²) in [4.78, 5) is 12.1. The quantitative estimate of drug-likeness (QED) is 0.615. The van der Waals surface area contributed by atoms with Crippen molar-refractivity contribution in [3.05, 3.63) is 17.3 Å². The first kappa shape index (κ1) is 14.3. The molecular formula is C12H13N5O2. The summed E-state index contributed by atoms with van der Waals surface area (Å²) in [6.45, 7) is 1.79. The highest BCUT2D eigenvalue weighted by Gasteiger charge is 2.17. The van der Waals surface area contributed by atoms with Crippen molar-refractivity contribution in [3.63, 3.8) is 0 Å². The topological polar surface area (TPSA) is 106 Å². The maximum atomic E-state index is 10.6. The first-order chi connectivity index (χ1) is 9.01. The third-order valence-corrected chi connectivity index (χ3v) is 2.45. The molecule has 0 amide bonds. The number of aliphatic carboxylic acids is 1. The van der Waals surface area contributed by atoms with E-state index in [1.165, 1.54) is 10.8 Å². The van der Waals surface area contributed by atoms with E-state index in [1.807, 2.05) is 12.1 Å². The standard InChI is InChI=1S/C12H13N5O2/c1-9-10(3-4-11(18)19)12(16(2)15-9)17(7-5-13)8-6-14/h3-4H,7-8H2,1-2H3,(H,18,19)/b4-3+. The molecule has 0 aromatic carbocycles. The predicted molar refractivity (Wildman–Crippen MR) is 68.1 cm³/mol. The van der Waals surface area contributed by atoms with Crippen LogP contribution in [0.1, 0.15) is 11.3 Å². The van der Waals surface area contributed by atoms with E-state index < -0.39 is 5.97 Å². The molecule has 0 aliphatic heterocycles. The summed E-state index contributed by atoms with van der Waals surface area (Å²) in [6, 6.07) is 3.95. The zero-order chi connectivity index (χ0) is 14.4. The van der Waals surface area contributed by atoms with Crippen molar-refractivity contribution in [2.24, 2.45) is 7.05 Å². The van der Waals surface area contributed by atoms with Gasteiger partial charge in [0.1, 0.15) is 18.9 Å². The van der Waals surface area contributed by atoms with Crippen molar-refractivity contribution in [3.8, 4) is 12.1 Å². The highest BCUT2D eigenvalue weighted by atomic mass is 16.4. The molecule has 1 rings (SSSR count). The number of aromatic nitrogens is 2. The molecule has 0 saturated carbocycles. The van der Waals surface area contributed by atoms with Gasteiger partial charge in [-0.2, -0.15) is 15.6 Å². The average molecular weight is 259 g/mol. The van der Waals surface area contributed by atoms with Crippen LogP contribution in [0.25, 0.3) is 6.08 Å². The van der Waals surface area contributed by atoms with E-state index >= 15 is 0 Å². The first-order valence-corrected chi connectivity index (χ1v) is 5.44. The Morgan fingerprint density at radius 1 is 1.47 bits per heavy atom. The van der Waals surface area contributed by atoms with Crippen LogP contribution in [-0.4, -0.2) is 33.9 Å². The minimum absolute atomic E-state index is 0.0282. The van der Waals surface area contributed by atoms with Gasteiger partial charge in [0.15, 0.2) is 0 Å². The minimum Gasteiger partial charge on any atom is -0.478 e. The summed E-state index contributed by atoms with van der Waals surface area (Å²) < 4.78 is 1.53. The lowest BCUT2D eigenvalue weighted by Gasteiger charge is -2.19. The molecule has 0 radical (unpaired) electrons. The third kappa shape index (κ3) is 3.33. The van der Waals surface area contributed by atoms with Crippen LogP contribution in [0.3, 0.4) is 0 Å². The van der Waals surface area contributed by atoms with Gasteiger partial charge in [-0.25, -0.2) is 4.79 Å². The second kappa shape index (κ2) is 6.22. The van der Waals surface area contributed by atoms with Crippen LogP contribution in [-0.2, 0) is 11.8 Å². The second-order valence-corrected chi connectivity index (χ2v) is 3.79. The number of nitriles is 2. The van der Waals surface area contributed by atoms with Gasteiger partial charge in [0, 0.05) is 18.7 Å². The summed E-state index contributed by atoms with van der Waals surface area (Å²) in [5, 5.41) is 30.4. The molecule has 19 heavy (non-hydrogen) atoms. The van der Waals surface area contributed by atoms with Gasteiger partial charge in [-0.3, -0.25) is 4.68 Å². The van der Waals surface area contributed by atoms with E-state index in [1.54, 1.807) is 18.9 Å². The van der Waals surface area contributed by atoms with Crippen molar-refractivity contribution in [1.29, 1.82) is 10.5 Å². The summed E-state index contributed by atoms with van der Waals surface area (Å²) in [7, 11) is 1.68. The number of hydrogen-bond acceptors (Lipinski definition) is 5. The Balaban J connectivity index is 3.29. The van der Waals surface area contributed by atoms with Gasteiger partial charge in [0.25, 0.3) is 0 Å². The fourth-order valence-electron chi connectivity index (χ4n) is 1.76. The second-order valence-electron chi connectivity index (χ2n) is 3.79. The number of nitrogens with zero attached hydrogens (tertiary/aromatic N) is 5. The molecule has 0 saturated heterocycles. The Labute approximate surface area is 110 Å². The van der Waals surface area contributed by atoms with Gasteiger partial charge < -0.3 is 10.0 Å². The molecule has 0 bridgehead atoms. The summed E-state index contributed by atoms with van der Waals surface area (Å²) in [5.41, 5.74) is 1.23. The van der Waals surface area contributed by atoms with Crippen LogP contribution in [0.2, 0.25) is 0 Å². The molecule has 98 valence electrons. The first-order valence-electron chi connectivity index (χ1n) is 5.44. The van der Waals surface area contributed by atoms with E-state index in [9.17, 15) is 4.79 Å². The van der Waals surface area contributed by atoms with Crippen molar-refractivity contribution < 1.29 is 9.90 Å². The lowest BCUT2D eigenvalue weighted by Crippen LogP contribution is -2.26. The van der Waals surface area contributed by atoms with Crippen LogP contribution in [0.15, 0.2) is 6.08 Å². The molecule has 0 atom stereocenters. The van der Waals surface area contributed by atoms with Crippen molar-refractivity contribution >= 4 is 17.9 Å². The molecule has 0 aliphatic carbocycles. The Hall–Kier alpha value is -2.80. The Bertz CT molecular complexity index is 572. The van der Waals surface area contributed by atoms with Crippen LogP contribution in [0.5, 0.6) is 0 Å². The molecule has 1 aromatic rings. The van der Waals surface area contributed by atoms with Gasteiger partial charge in [0.05, 0.1) is 17.8 Å². The lowest BCUT2D eigenvalue weighted by molar-refractivity contribution is -0.131. The number of hydrogen-bond donors (Lipinski definition) is 1. The van der Waals surface area contributed by atoms with Gasteiger partial charge in [-0.15, -0.1) is 0 Å². The van der Waals surface area contributed by atoms with Gasteiger partial charge in [-0.1, -0.05) is 0 Å².